The molecule has 0 radical (unpaired) electrons. The second-order valence-electron chi connectivity index (χ2n) is 3.83. The zero-order valence-corrected chi connectivity index (χ0v) is 10.8. The Morgan fingerprint density at radius 3 is 2.69 bits per heavy atom. The van der Waals surface area contributed by atoms with Gasteiger partial charge in [-0.3, -0.25) is 4.79 Å². The van der Waals surface area contributed by atoms with Crippen molar-refractivity contribution < 1.29 is 14.3 Å². The predicted octanol–water partition coefficient (Wildman–Crippen LogP) is 1.73. The number of rotatable bonds is 10. The van der Waals surface area contributed by atoms with E-state index in [2.05, 4.69) is 12.2 Å². The van der Waals surface area contributed by atoms with Gasteiger partial charge in [0.25, 0.3) is 0 Å². The molecule has 0 aromatic carbocycles. The Bertz CT molecular complexity index is 174. The summed E-state index contributed by atoms with van der Waals surface area (Å²) in [6.07, 6.45) is 2.69. The molecule has 0 aromatic rings. The van der Waals surface area contributed by atoms with E-state index in [1.54, 1.807) is 0 Å². The number of nitrogens with one attached hydrogen (secondary N) is 1. The van der Waals surface area contributed by atoms with Gasteiger partial charge in [0.15, 0.2) is 0 Å². The number of hydrogen-bond donors (Lipinski definition) is 1. The minimum absolute atomic E-state index is 0.144. The van der Waals surface area contributed by atoms with Gasteiger partial charge in [0.1, 0.15) is 0 Å². The second kappa shape index (κ2) is 10.9. The summed E-state index contributed by atoms with van der Waals surface area (Å²) >= 11 is 0. The molecule has 0 rings (SSSR count). The maximum absolute atomic E-state index is 11.1. The Hall–Kier alpha value is -0.610. The maximum atomic E-state index is 11.1. The zero-order valence-electron chi connectivity index (χ0n) is 10.8. The topological polar surface area (TPSA) is 47.6 Å². The standard InChI is InChI=1S/C12H25NO3/c1-4-6-8-15-9-7-13-11(3)10-12(14)16-5-2/h11,13H,4-10H2,1-3H3. The third-order valence-electron chi connectivity index (χ3n) is 2.16. The highest BCUT2D eigenvalue weighted by Crippen LogP contribution is 1.94. The molecule has 1 atom stereocenters. The quantitative estimate of drug-likeness (QED) is 0.459. The van der Waals surface area contributed by atoms with E-state index in [4.69, 9.17) is 9.47 Å². The van der Waals surface area contributed by atoms with Gasteiger partial charge in [0.05, 0.1) is 19.6 Å². The van der Waals surface area contributed by atoms with Crippen LogP contribution in [-0.4, -0.2) is 38.4 Å². The summed E-state index contributed by atoms with van der Waals surface area (Å²) in [5, 5.41) is 3.22. The van der Waals surface area contributed by atoms with Crippen molar-refractivity contribution in [1.82, 2.24) is 5.32 Å². The average molecular weight is 231 g/mol. The molecular weight excluding hydrogens is 206 g/mol. The normalized spacial score (nSPS) is 12.4. The first-order chi connectivity index (χ1) is 7.70. The summed E-state index contributed by atoms with van der Waals surface area (Å²) in [4.78, 5) is 11.1. The lowest BCUT2D eigenvalue weighted by atomic mass is 10.2. The Morgan fingerprint density at radius 2 is 2.06 bits per heavy atom. The minimum atomic E-state index is -0.144. The summed E-state index contributed by atoms with van der Waals surface area (Å²) in [7, 11) is 0. The van der Waals surface area contributed by atoms with Crippen molar-refractivity contribution in [1.29, 1.82) is 0 Å². The minimum Gasteiger partial charge on any atom is -0.466 e. The summed E-state index contributed by atoms with van der Waals surface area (Å²) < 4.78 is 10.3. The van der Waals surface area contributed by atoms with Crippen molar-refractivity contribution in [2.24, 2.45) is 0 Å². The van der Waals surface area contributed by atoms with Crippen LogP contribution in [0.1, 0.15) is 40.0 Å². The molecule has 1 N–H and O–H groups in total. The number of carbonyl (C=O) groups is 1. The largest absolute Gasteiger partial charge is 0.466 e. The van der Waals surface area contributed by atoms with Crippen LogP contribution < -0.4 is 5.32 Å². The van der Waals surface area contributed by atoms with Gasteiger partial charge in [-0.25, -0.2) is 0 Å². The fourth-order valence-corrected chi connectivity index (χ4v) is 1.27. The van der Waals surface area contributed by atoms with Crippen molar-refractivity contribution in [2.45, 2.75) is 46.1 Å². The average Bonchev–Trinajstić information content (AvgIpc) is 2.23. The lowest BCUT2D eigenvalue weighted by Crippen LogP contribution is -2.32. The first-order valence-electron chi connectivity index (χ1n) is 6.17. The summed E-state index contributed by atoms with van der Waals surface area (Å²) in [5.74, 6) is -0.144. The van der Waals surface area contributed by atoms with Crippen molar-refractivity contribution in [2.75, 3.05) is 26.4 Å². The summed E-state index contributed by atoms with van der Waals surface area (Å²) in [5.41, 5.74) is 0. The molecule has 0 aliphatic carbocycles. The van der Waals surface area contributed by atoms with Crippen LogP contribution in [0.5, 0.6) is 0 Å². The van der Waals surface area contributed by atoms with Crippen molar-refractivity contribution in [3.8, 4) is 0 Å². The molecule has 0 fully saturated rings. The van der Waals surface area contributed by atoms with Crippen LogP contribution in [0, 0.1) is 0 Å². The number of carbonyl (C=O) groups excluding carboxylic acids is 1. The number of esters is 1. The molecule has 0 aromatic heterocycles. The van der Waals surface area contributed by atoms with Gasteiger partial charge in [-0.15, -0.1) is 0 Å². The van der Waals surface area contributed by atoms with E-state index in [-0.39, 0.29) is 12.0 Å². The lowest BCUT2D eigenvalue weighted by Gasteiger charge is -2.12. The van der Waals surface area contributed by atoms with Crippen LogP contribution in [0.4, 0.5) is 0 Å². The highest BCUT2D eigenvalue weighted by atomic mass is 16.5. The molecule has 0 bridgehead atoms. The first-order valence-corrected chi connectivity index (χ1v) is 6.17. The third kappa shape index (κ3) is 9.93. The smallest absolute Gasteiger partial charge is 0.307 e. The summed E-state index contributed by atoms with van der Waals surface area (Å²) in [6, 6.07) is 0.147. The zero-order chi connectivity index (χ0) is 12.2. The highest BCUT2D eigenvalue weighted by Gasteiger charge is 2.08. The Kier molecular flexibility index (Phi) is 10.5. The fraction of sp³-hybridized carbons (Fsp3) is 0.917. The highest BCUT2D eigenvalue weighted by molar-refractivity contribution is 5.69. The Morgan fingerprint density at radius 1 is 1.31 bits per heavy atom. The van der Waals surface area contributed by atoms with Gasteiger partial charge in [-0.1, -0.05) is 13.3 Å². The number of unbranched alkanes of at least 4 members (excludes halogenated alkanes) is 1. The van der Waals surface area contributed by atoms with Gasteiger partial charge in [0, 0.05) is 19.2 Å². The molecule has 0 saturated carbocycles. The number of hydrogen-bond acceptors (Lipinski definition) is 4. The number of ether oxygens (including phenoxy) is 2. The maximum Gasteiger partial charge on any atom is 0.307 e. The fourth-order valence-electron chi connectivity index (χ4n) is 1.27. The van der Waals surface area contributed by atoms with Crippen LogP contribution in [-0.2, 0) is 14.3 Å². The van der Waals surface area contributed by atoms with E-state index >= 15 is 0 Å². The van der Waals surface area contributed by atoms with Gasteiger partial charge in [0.2, 0.25) is 0 Å². The van der Waals surface area contributed by atoms with Gasteiger partial charge < -0.3 is 14.8 Å². The lowest BCUT2D eigenvalue weighted by molar-refractivity contribution is -0.143. The van der Waals surface area contributed by atoms with Crippen LogP contribution >= 0.6 is 0 Å². The van der Waals surface area contributed by atoms with Crippen LogP contribution in [0.15, 0.2) is 0 Å². The van der Waals surface area contributed by atoms with E-state index in [1.165, 1.54) is 0 Å². The monoisotopic (exact) mass is 231 g/mol. The molecule has 0 aliphatic heterocycles. The van der Waals surface area contributed by atoms with E-state index in [1.807, 2.05) is 13.8 Å². The molecule has 0 spiro atoms. The molecule has 4 heteroatoms. The van der Waals surface area contributed by atoms with E-state index < -0.39 is 0 Å². The van der Waals surface area contributed by atoms with E-state index in [9.17, 15) is 4.79 Å². The van der Waals surface area contributed by atoms with E-state index in [0.29, 0.717) is 19.6 Å². The molecule has 1 unspecified atom stereocenters. The van der Waals surface area contributed by atoms with Gasteiger partial charge >= 0.3 is 5.97 Å². The van der Waals surface area contributed by atoms with Gasteiger partial charge in [-0.05, 0) is 20.3 Å². The van der Waals surface area contributed by atoms with Crippen molar-refractivity contribution in [3.63, 3.8) is 0 Å². The second-order valence-corrected chi connectivity index (χ2v) is 3.83. The third-order valence-corrected chi connectivity index (χ3v) is 2.16. The van der Waals surface area contributed by atoms with Crippen LogP contribution in [0.25, 0.3) is 0 Å². The molecule has 4 nitrogen and oxygen atoms in total. The SMILES string of the molecule is CCCCOCCNC(C)CC(=O)OCC. The Labute approximate surface area is 98.7 Å². The molecule has 0 heterocycles. The predicted molar refractivity (Wildman–Crippen MR) is 64.4 cm³/mol. The first kappa shape index (κ1) is 15.4. The van der Waals surface area contributed by atoms with Crippen molar-refractivity contribution in [3.05, 3.63) is 0 Å². The molecule has 0 amide bonds. The molecule has 0 saturated heterocycles. The van der Waals surface area contributed by atoms with E-state index in [0.717, 1.165) is 26.0 Å². The molecule has 16 heavy (non-hydrogen) atoms. The van der Waals surface area contributed by atoms with Crippen LogP contribution in [0.2, 0.25) is 0 Å². The molecule has 96 valence electrons. The van der Waals surface area contributed by atoms with Crippen LogP contribution in [0.3, 0.4) is 0 Å². The summed E-state index contributed by atoms with van der Waals surface area (Å²) in [6.45, 7) is 8.69. The molecule has 0 aliphatic rings. The van der Waals surface area contributed by atoms with Crippen molar-refractivity contribution >= 4 is 5.97 Å². The van der Waals surface area contributed by atoms with Gasteiger partial charge in [-0.2, -0.15) is 0 Å². The Balaban J connectivity index is 3.29. The molecular formula is C12H25NO3.